The number of rotatable bonds is 13. The van der Waals surface area contributed by atoms with Gasteiger partial charge in [-0.15, -0.1) is 0 Å². The number of carbonyl (C=O) groups is 3. The number of amides is 3. The Labute approximate surface area is 349 Å². The number of nitrogens with zero attached hydrogens (tertiary/aromatic N) is 2. The van der Waals surface area contributed by atoms with Crippen molar-refractivity contribution in [2.75, 3.05) is 27.3 Å². The molecule has 0 aromatic heterocycles. The molecule has 3 aliphatic heterocycles. The predicted octanol–water partition coefficient (Wildman–Crippen LogP) is 7.02. The van der Waals surface area contributed by atoms with Crippen LogP contribution in [0.1, 0.15) is 64.2 Å². The summed E-state index contributed by atoms with van der Waals surface area (Å²) in [5.74, 6) is 0.616. The van der Waals surface area contributed by atoms with Gasteiger partial charge in [-0.2, -0.15) is 0 Å². The largest absolute Gasteiger partial charge is 0.493 e. The molecule has 2 N–H and O–H groups in total. The fourth-order valence-corrected chi connectivity index (χ4v) is 8.22. The molecule has 0 saturated carbocycles. The maximum absolute atomic E-state index is 13.4. The van der Waals surface area contributed by atoms with Gasteiger partial charge in [0.2, 0.25) is 5.91 Å². The molecule has 4 atom stereocenters. The molecule has 4 unspecified atom stereocenters. The predicted molar refractivity (Wildman–Crippen MR) is 223 cm³/mol. The summed E-state index contributed by atoms with van der Waals surface area (Å²) >= 11 is 0. The quantitative estimate of drug-likeness (QED) is 0.120. The lowest BCUT2D eigenvalue weighted by molar-refractivity contribution is -0.253. The zero-order valence-electron chi connectivity index (χ0n) is 33.8. The lowest BCUT2D eigenvalue weighted by Gasteiger charge is -2.39. The van der Waals surface area contributed by atoms with E-state index in [1.807, 2.05) is 103 Å². The highest BCUT2D eigenvalue weighted by Crippen LogP contribution is 2.40. The van der Waals surface area contributed by atoms with E-state index >= 15 is 0 Å². The number of hydrogen-bond acceptors (Lipinski definition) is 10. The first-order valence-corrected chi connectivity index (χ1v) is 20.2. The van der Waals surface area contributed by atoms with Crippen molar-refractivity contribution in [3.8, 4) is 22.6 Å². The smallest absolute Gasteiger partial charge is 0.408 e. The van der Waals surface area contributed by atoms with Crippen molar-refractivity contribution in [2.24, 2.45) is 0 Å². The third-order valence-corrected chi connectivity index (χ3v) is 11.5. The Kier molecular flexibility index (Phi) is 12.5. The number of fused-ring (bicyclic) bond motifs is 1. The van der Waals surface area contributed by atoms with Crippen LogP contribution in [-0.2, 0) is 56.5 Å². The normalized spacial score (nSPS) is 20.4. The molecule has 310 valence electrons. The highest BCUT2D eigenvalue weighted by Gasteiger charge is 2.40. The van der Waals surface area contributed by atoms with Gasteiger partial charge in [-0.3, -0.25) is 19.4 Å². The minimum Gasteiger partial charge on any atom is -0.493 e. The van der Waals surface area contributed by atoms with E-state index in [1.165, 1.54) is 16.0 Å². The summed E-state index contributed by atoms with van der Waals surface area (Å²) in [7, 11) is 3.31. The molecule has 8 rings (SSSR count). The summed E-state index contributed by atoms with van der Waals surface area (Å²) in [6.45, 7) is 2.43. The second-order valence-electron chi connectivity index (χ2n) is 15.4. The van der Waals surface area contributed by atoms with Crippen molar-refractivity contribution >= 4 is 17.9 Å². The molecule has 0 spiro atoms. The third-order valence-electron chi connectivity index (χ3n) is 11.5. The standard InChI is InChI=1S/C48H49N3O9/c1-56-43-22-36-20-21-50(26-38(36)23-44(43)57-2)28-39-24-42(34-14-12-31(29-52)13-15-34)60-47(59-39)35-18-16-33(17-19-35)40-11-7-6-10-37(40)27-51-45(53)25-41(46(51)54)49-48(55)58-30-32-8-4-3-5-9-32/h3-19,22-23,39,41-42,47,52H,20-21,24-30H2,1-2H3,(H,49,55). The molecule has 5 aromatic carbocycles. The Morgan fingerprint density at radius 2 is 1.52 bits per heavy atom. The fraction of sp³-hybridized carbons (Fsp3) is 0.312. The first-order valence-electron chi connectivity index (χ1n) is 20.2. The van der Waals surface area contributed by atoms with E-state index in [9.17, 15) is 19.5 Å². The van der Waals surface area contributed by atoms with Crippen LogP contribution in [0.5, 0.6) is 11.5 Å². The lowest BCUT2D eigenvalue weighted by Crippen LogP contribution is -2.41. The van der Waals surface area contributed by atoms with Crippen LogP contribution in [0.3, 0.4) is 0 Å². The zero-order valence-corrected chi connectivity index (χ0v) is 33.8. The topological polar surface area (TPSA) is 136 Å². The van der Waals surface area contributed by atoms with E-state index < -0.39 is 24.3 Å². The van der Waals surface area contributed by atoms with Gasteiger partial charge >= 0.3 is 6.09 Å². The highest BCUT2D eigenvalue weighted by atomic mass is 16.7. The van der Waals surface area contributed by atoms with Crippen molar-refractivity contribution < 1.29 is 43.2 Å². The van der Waals surface area contributed by atoms with E-state index in [0.717, 1.165) is 70.0 Å². The van der Waals surface area contributed by atoms with E-state index in [2.05, 4.69) is 22.3 Å². The SMILES string of the molecule is COc1cc2c(cc1OC)CN(CC1CC(c3ccc(CO)cc3)OC(c3ccc(-c4ccccc4CN4C(=O)CC(NC(=O)OCc5ccccc5)C4=O)cc3)O1)CC2. The van der Waals surface area contributed by atoms with Crippen LogP contribution in [0.15, 0.2) is 115 Å². The van der Waals surface area contributed by atoms with Crippen molar-refractivity contribution in [1.82, 2.24) is 15.1 Å². The van der Waals surface area contributed by atoms with Crippen molar-refractivity contribution in [2.45, 2.75) is 70.1 Å². The first-order chi connectivity index (χ1) is 29.3. The van der Waals surface area contributed by atoms with Gasteiger partial charge in [0.05, 0.1) is 46.0 Å². The number of likely N-dealkylation sites (tertiary alicyclic amines) is 1. The number of imide groups is 1. The van der Waals surface area contributed by atoms with Crippen molar-refractivity contribution in [3.63, 3.8) is 0 Å². The van der Waals surface area contributed by atoms with E-state index in [1.54, 1.807) is 14.2 Å². The molecule has 2 saturated heterocycles. The number of ether oxygens (including phenoxy) is 5. The molecule has 60 heavy (non-hydrogen) atoms. The molecular formula is C48H49N3O9. The number of hydrogen-bond donors (Lipinski definition) is 2. The Morgan fingerprint density at radius 3 is 2.25 bits per heavy atom. The molecule has 12 heteroatoms. The van der Waals surface area contributed by atoms with Gasteiger partial charge in [0, 0.05) is 31.6 Å². The fourth-order valence-electron chi connectivity index (χ4n) is 8.22. The van der Waals surface area contributed by atoms with Crippen molar-refractivity contribution in [3.05, 3.63) is 154 Å². The molecule has 3 aliphatic rings. The molecule has 0 bridgehead atoms. The Hall–Kier alpha value is -6.05. The molecular weight excluding hydrogens is 763 g/mol. The Bertz CT molecular complexity index is 2300. The summed E-state index contributed by atoms with van der Waals surface area (Å²) in [4.78, 5) is 42.6. The summed E-state index contributed by atoms with van der Waals surface area (Å²) in [6, 6.07) is 35.9. The summed E-state index contributed by atoms with van der Waals surface area (Å²) in [5.41, 5.74) is 8.55. The maximum atomic E-state index is 13.4. The van der Waals surface area contributed by atoms with Crippen LogP contribution in [0, 0.1) is 0 Å². The number of carbonyl (C=O) groups excluding carboxylic acids is 3. The molecule has 3 amide bonds. The van der Waals surface area contributed by atoms with Crippen molar-refractivity contribution in [1.29, 1.82) is 0 Å². The molecule has 0 radical (unpaired) electrons. The average Bonchev–Trinajstić information content (AvgIpc) is 3.55. The van der Waals surface area contributed by atoms with Gasteiger partial charge in [0.25, 0.3) is 5.91 Å². The van der Waals surface area contributed by atoms with E-state index in [4.69, 9.17) is 23.7 Å². The zero-order chi connectivity index (χ0) is 41.6. The summed E-state index contributed by atoms with van der Waals surface area (Å²) in [5, 5.41) is 12.2. The van der Waals surface area contributed by atoms with Gasteiger partial charge in [0.15, 0.2) is 17.8 Å². The highest BCUT2D eigenvalue weighted by molar-refractivity contribution is 6.06. The number of methoxy groups -OCH3 is 2. The number of benzene rings is 5. The number of aliphatic hydroxyl groups excluding tert-OH is 1. The van der Waals surface area contributed by atoms with Crippen LogP contribution in [0.2, 0.25) is 0 Å². The van der Waals surface area contributed by atoms with Gasteiger partial charge in [0.1, 0.15) is 12.6 Å². The minimum absolute atomic E-state index is 0.0306. The first kappa shape index (κ1) is 40.7. The van der Waals surface area contributed by atoms with Gasteiger partial charge in [-0.1, -0.05) is 103 Å². The summed E-state index contributed by atoms with van der Waals surface area (Å²) < 4.78 is 29.8. The van der Waals surface area contributed by atoms with E-state index in [-0.39, 0.29) is 44.3 Å². The van der Waals surface area contributed by atoms with Crippen LogP contribution >= 0.6 is 0 Å². The van der Waals surface area contributed by atoms with Crippen LogP contribution in [0.25, 0.3) is 11.1 Å². The molecule has 0 aliphatic carbocycles. The molecule has 12 nitrogen and oxygen atoms in total. The molecule has 5 aromatic rings. The minimum atomic E-state index is -0.999. The lowest BCUT2D eigenvalue weighted by atomic mass is 9.96. The third kappa shape index (κ3) is 9.22. The van der Waals surface area contributed by atoms with Gasteiger partial charge in [-0.25, -0.2) is 4.79 Å². The average molecular weight is 812 g/mol. The van der Waals surface area contributed by atoms with Gasteiger partial charge in [-0.05, 0) is 63.1 Å². The monoisotopic (exact) mass is 811 g/mol. The second kappa shape index (κ2) is 18.5. The molecule has 2 fully saturated rings. The number of aliphatic hydroxyl groups is 1. The Balaban J connectivity index is 0.957. The number of nitrogens with one attached hydrogen (secondary N) is 1. The van der Waals surface area contributed by atoms with E-state index in [0.29, 0.717) is 13.0 Å². The van der Waals surface area contributed by atoms with Crippen LogP contribution in [-0.4, -0.2) is 72.3 Å². The Morgan fingerprint density at radius 1 is 0.817 bits per heavy atom. The number of alkyl carbamates (subject to hydrolysis) is 1. The molecule has 3 heterocycles. The van der Waals surface area contributed by atoms with Gasteiger partial charge < -0.3 is 34.1 Å². The second-order valence-corrected chi connectivity index (χ2v) is 15.4. The maximum Gasteiger partial charge on any atom is 0.408 e. The van der Waals surface area contributed by atoms with Crippen LogP contribution < -0.4 is 14.8 Å². The van der Waals surface area contributed by atoms with Crippen LogP contribution in [0.4, 0.5) is 4.79 Å². The summed E-state index contributed by atoms with van der Waals surface area (Å²) in [6.07, 6.45) is -0.347.